The Bertz CT molecular complexity index is 179. The van der Waals surface area contributed by atoms with E-state index >= 15 is 0 Å². The number of methoxy groups -OCH3 is 1. The minimum absolute atomic E-state index is 0. The summed E-state index contributed by atoms with van der Waals surface area (Å²) in [4.78, 5) is 0. The van der Waals surface area contributed by atoms with Gasteiger partial charge in [0.15, 0.2) is 0 Å². The van der Waals surface area contributed by atoms with Crippen molar-refractivity contribution in [1.82, 2.24) is 0 Å². The van der Waals surface area contributed by atoms with Gasteiger partial charge in [-0.1, -0.05) is 14.9 Å². The van der Waals surface area contributed by atoms with E-state index in [-0.39, 0.29) is 20.6 Å². The van der Waals surface area contributed by atoms with Gasteiger partial charge in [0.05, 0.1) is 7.11 Å². The predicted octanol–water partition coefficient (Wildman–Crippen LogP) is 2.67. The standard InChI is InChI=1S/C7H8O2.2CH4/c1-9-7-4-2-6(8)3-5-7;;/h2-5,8H,1H3;2*1H4. The Labute approximate surface area is 68.4 Å². The molecule has 0 aromatic heterocycles. The van der Waals surface area contributed by atoms with Crippen molar-refractivity contribution in [3.05, 3.63) is 24.3 Å². The van der Waals surface area contributed by atoms with E-state index in [0.717, 1.165) is 5.75 Å². The van der Waals surface area contributed by atoms with E-state index in [1.54, 1.807) is 31.4 Å². The minimum atomic E-state index is 0. The molecule has 0 atom stereocenters. The first-order chi connectivity index (χ1) is 4.33. The van der Waals surface area contributed by atoms with E-state index in [1.807, 2.05) is 0 Å². The third kappa shape index (κ3) is 3.50. The van der Waals surface area contributed by atoms with Gasteiger partial charge < -0.3 is 9.84 Å². The second-order valence-corrected chi connectivity index (χ2v) is 1.70. The van der Waals surface area contributed by atoms with E-state index in [0.29, 0.717) is 0 Å². The largest absolute Gasteiger partial charge is 0.508 e. The second kappa shape index (κ2) is 5.59. The minimum Gasteiger partial charge on any atom is -0.508 e. The van der Waals surface area contributed by atoms with Gasteiger partial charge in [0.1, 0.15) is 11.5 Å². The summed E-state index contributed by atoms with van der Waals surface area (Å²) >= 11 is 0. The summed E-state index contributed by atoms with van der Waals surface area (Å²) in [6.07, 6.45) is 0. The molecule has 0 saturated heterocycles. The maximum atomic E-state index is 8.80. The highest BCUT2D eigenvalue weighted by atomic mass is 16.5. The van der Waals surface area contributed by atoms with Gasteiger partial charge in [-0.05, 0) is 24.3 Å². The Kier molecular flexibility index (Phi) is 6.35. The van der Waals surface area contributed by atoms with Gasteiger partial charge in [0.2, 0.25) is 0 Å². The molecule has 2 nitrogen and oxygen atoms in total. The molecule has 0 fully saturated rings. The zero-order valence-corrected chi connectivity index (χ0v) is 5.16. The van der Waals surface area contributed by atoms with Gasteiger partial charge in [-0.25, -0.2) is 0 Å². The van der Waals surface area contributed by atoms with Gasteiger partial charge >= 0.3 is 0 Å². The van der Waals surface area contributed by atoms with Crippen LogP contribution < -0.4 is 4.74 Å². The Morgan fingerprint density at radius 2 is 1.55 bits per heavy atom. The van der Waals surface area contributed by atoms with Crippen LogP contribution in [0.1, 0.15) is 14.9 Å². The van der Waals surface area contributed by atoms with E-state index in [2.05, 4.69) is 0 Å². The fraction of sp³-hybridized carbons (Fsp3) is 0.333. The normalized spacial score (nSPS) is 7.36. The average molecular weight is 156 g/mol. The molecule has 0 unspecified atom stereocenters. The molecule has 0 radical (unpaired) electrons. The summed E-state index contributed by atoms with van der Waals surface area (Å²) in [7, 11) is 1.59. The third-order valence-electron chi connectivity index (χ3n) is 1.07. The van der Waals surface area contributed by atoms with Crippen molar-refractivity contribution in [2.75, 3.05) is 7.11 Å². The summed E-state index contributed by atoms with van der Waals surface area (Å²) in [5, 5.41) is 8.80. The van der Waals surface area contributed by atoms with E-state index < -0.39 is 0 Å². The lowest BCUT2D eigenvalue weighted by molar-refractivity contribution is 0.412. The number of benzene rings is 1. The molecule has 1 N–H and O–H groups in total. The number of aromatic hydroxyl groups is 1. The SMILES string of the molecule is C.C.COc1ccc(O)cc1. The summed E-state index contributed by atoms with van der Waals surface area (Å²) < 4.78 is 4.86. The van der Waals surface area contributed by atoms with Crippen molar-refractivity contribution in [3.8, 4) is 11.5 Å². The van der Waals surface area contributed by atoms with Gasteiger partial charge in [0.25, 0.3) is 0 Å². The van der Waals surface area contributed by atoms with E-state index in [1.165, 1.54) is 0 Å². The fourth-order valence-corrected chi connectivity index (χ4v) is 0.582. The van der Waals surface area contributed by atoms with E-state index in [4.69, 9.17) is 9.84 Å². The van der Waals surface area contributed by atoms with Crippen LogP contribution in [0.25, 0.3) is 0 Å². The zero-order valence-electron chi connectivity index (χ0n) is 5.16. The quantitative estimate of drug-likeness (QED) is 0.677. The molecule has 1 aromatic rings. The van der Waals surface area contributed by atoms with E-state index in [9.17, 15) is 0 Å². The number of phenolic OH excluding ortho intramolecular Hbond substituents is 1. The molecule has 0 spiro atoms. The van der Waals surface area contributed by atoms with Crippen LogP contribution in [-0.4, -0.2) is 12.2 Å². The summed E-state index contributed by atoms with van der Waals surface area (Å²) in [6, 6.07) is 6.57. The highest BCUT2D eigenvalue weighted by molar-refractivity contribution is 5.29. The monoisotopic (exact) mass is 156 g/mol. The van der Waals surface area contributed by atoms with Crippen LogP contribution in [0.3, 0.4) is 0 Å². The first kappa shape index (κ1) is 12.5. The Hall–Kier alpha value is -1.18. The maximum Gasteiger partial charge on any atom is 0.119 e. The lowest BCUT2D eigenvalue weighted by Gasteiger charge is -1.96. The zero-order chi connectivity index (χ0) is 6.69. The van der Waals surface area contributed by atoms with Crippen LogP contribution in [0, 0.1) is 0 Å². The molecule has 0 bridgehead atoms. The van der Waals surface area contributed by atoms with Gasteiger partial charge in [-0.3, -0.25) is 0 Å². The van der Waals surface area contributed by atoms with Crippen LogP contribution in [0.2, 0.25) is 0 Å². The van der Waals surface area contributed by atoms with Crippen molar-refractivity contribution in [1.29, 1.82) is 0 Å². The van der Waals surface area contributed by atoms with Crippen LogP contribution in [0.4, 0.5) is 0 Å². The molecule has 2 heteroatoms. The highest BCUT2D eigenvalue weighted by Gasteiger charge is 1.87. The lowest BCUT2D eigenvalue weighted by Crippen LogP contribution is -1.79. The summed E-state index contributed by atoms with van der Waals surface area (Å²) in [5.74, 6) is 1.02. The molecule has 0 aliphatic carbocycles. The number of hydrogen-bond acceptors (Lipinski definition) is 2. The third-order valence-corrected chi connectivity index (χ3v) is 1.07. The van der Waals surface area contributed by atoms with Crippen molar-refractivity contribution in [2.45, 2.75) is 14.9 Å². The smallest absolute Gasteiger partial charge is 0.119 e. The molecule has 0 aliphatic rings. The first-order valence-corrected chi connectivity index (χ1v) is 2.66. The second-order valence-electron chi connectivity index (χ2n) is 1.70. The van der Waals surface area contributed by atoms with Crippen molar-refractivity contribution in [2.24, 2.45) is 0 Å². The van der Waals surface area contributed by atoms with Crippen LogP contribution in [-0.2, 0) is 0 Å². The Morgan fingerprint density at radius 1 is 1.09 bits per heavy atom. The van der Waals surface area contributed by atoms with Gasteiger partial charge in [0, 0.05) is 0 Å². The summed E-state index contributed by atoms with van der Waals surface area (Å²) in [6.45, 7) is 0. The van der Waals surface area contributed by atoms with Gasteiger partial charge in [-0.15, -0.1) is 0 Å². The molecule has 0 aliphatic heterocycles. The first-order valence-electron chi connectivity index (χ1n) is 2.66. The van der Waals surface area contributed by atoms with Crippen molar-refractivity contribution < 1.29 is 9.84 Å². The average Bonchev–Trinajstić information content (AvgIpc) is 1.90. The predicted molar refractivity (Wildman–Crippen MR) is 48.1 cm³/mol. The number of hydrogen-bond donors (Lipinski definition) is 1. The van der Waals surface area contributed by atoms with Crippen LogP contribution in [0.5, 0.6) is 11.5 Å². The molecule has 1 rings (SSSR count). The highest BCUT2D eigenvalue weighted by Crippen LogP contribution is 2.14. The Balaban J connectivity index is 0. The number of ether oxygens (including phenoxy) is 1. The van der Waals surface area contributed by atoms with Crippen molar-refractivity contribution >= 4 is 0 Å². The number of rotatable bonds is 1. The fourth-order valence-electron chi connectivity index (χ4n) is 0.582. The molecule has 1 aromatic carbocycles. The molecular formula is C9H16O2. The molecule has 0 heterocycles. The van der Waals surface area contributed by atoms with Gasteiger partial charge in [-0.2, -0.15) is 0 Å². The number of phenols is 1. The molecule has 11 heavy (non-hydrogen) atoms. The molecule has 64 valence electrons. The maximum absolute atomic E-state index is 8.80. The molecular weight excluding hydrogens is 140 g/mol. The lowest BCUT2D eigenvalue weighted by atomic mass is 10.3. The summed E-state index contributed by atoms with van der Waals surface area (Å²) in [5.41, 5.74) is 0. The topological polar surface area (TPSA) is 29.5 Å². The van der Waals surface area contributed by atoms with Crippen LogP contribution in [0.15, 0.2) is 24.3 Å². The van der Waals surface area contributed by atoms with Crippen LogP contribution >= 0.6 is 0 Å². The Morgan fingerprint density at radius 3 is 1.91 bits per heavy atom. The molecule has 0 amide bonds. The van der Waals surface area contributed by atoms with Crippen molar-refractivity contribution in [3.63, 3.8) is 0 Å². The molecule has 0 saturated carbocycles.